The maximum absolute atomic E-state index is 12.2. The molecule has 1 aliphatic rings. The van der Waals surface area contributed by atoms with Crippen LogP contribution in [0.3, 0.4) is 0 Å². The quantitative estimate of drug-likeness (QED) is 0.640. The number of thiophene rings is 1. The van der Waals surface area contributed by atoms with Crippen LogP contribution in [-0.4, -0.2) is 28.0 Å². The third-order valence-electron chi connectivity index (χ3n) is 3.99. The molecule has 0 amide bonds. The van der Waals surface area contributed by atoms with E-state index in [1.165, 1.54) is 12.0 Å². The number of ether oxygens (including phenoxy) is 1. The molecule has 128 valence electrons. The van der Waals surface area contributed by atoms with E-state index in [-0.39, 0.29) is 5.97 Å². The van der Waals surface area contributed by atoms with Gasteiger partial charge < -0.3 is 15.4 Å². The van der Waals surface area contributed by atoms with Gasteiger partial charge in [-0.15, -0.1) is 11.3 Å². The van der Waals surface area contributed by atoms with Gasteiger partial charge in [-0.2, -0.15) is 5.10 Å². The predicted octanol–water partition coefficient (Wildman–Crippen LogP) is 3.44. The number of aryl methyl sites for hydroxylation is 2. The number of carbonyl (C=O) groups excluding carboxylic acids is 1. The molecule has 0 radical (unpaired) electrons. The first-order chi connectivity index (χ1) is 11.6. The molecule has 0 unspecified atom stereocenters. The summed E-state index contributed by atoms with van der Waals surface area (Å²) in [7, 11) is 1.41. The fraction of sp³-hybridized carbons (Fsp3) is 0.438. The van der Waals surface area contributed by atoms with Gasteiger partial charge in [-0.1, -0.05) is 0 Å². The minimum Gasteiger partial charge on any atom is -0.465 e. The van der Waals surface area contributed by atoms with Gasteiger partial charge in [-0.3, -0.25) is 4.68 Å². The molecule has 8 heteroatoms. The summed E-state index contributed by atoms with van der Waals surface area (Å²) in [6.45, 7) is 2.82. The lowest BCUT2D eigenvalue weighted by atomic mass is 9.95. The Labute approximate surface area is 150 Å². The van der Waals surface area contributed by atoms with Crippen molar-refractivity contribution in [2.24, 2.45) is 0 Å². The summed E-state index contributed by atoms with van der Waals surface area (Å²) in [5.74, 6) is 0.366. The Bertz CT molecular complexity index is 766. The molecule has 2 aromatic rings. The minimum atomic E-state index is -0.310. The Balaban J connectivity index is 1.79. The van der Waals surface area contributed by atoms with Crippen molar-refractivity contribution in [3.8, 4) is 0 Å². The van der Waals surface area contributed by atoms with E-state index >= 15 is 0 Å². The number of esters is 1. The second-order valence-corrected chi connectivity index (χ2v) is 7.06. The van der Waals surface area contributed by atoms with Crippen molar-refractivity contribution in [3.63, 3.8) is 0 Å². The molecule has 0 saturated carbocycles. The van der Waals surface area contributed by atoms with E-state index in [1.54, 1.807) is 11.3 Å². The minimum absolute atomic E-state index is 0.310. The number of methoxy groups -OCH3 is 1. The molecule has 0 bridgehead atoms. The van der Waals surface area contributed by atoms with Crippen molar-refractivity contribution < 1.29 is 9.53 Å². The smallest absolute Gasteiger partial charge is 0.341 e. The van der Waals surface area contributed by atoms with E-state index in [0.29, 0.717) is 16.5 Å². The average Bonchev–Trinajstić information content (AvgIpc) is 3.17. The number of hydrogen-bond donors (Lipinski definition) is 2. The van der Waals surface area contributed by atoms with Crippen LogP contribution in [0.25, 0.3) is 0 Å². The number of carbonyl (C=O) groups is 1. The lowest BCUT2D eigenvalue weighted by Crippen LogP contribution is -2.20. The molecule has 2 aromatic heterocycles. The number of anilines is 2. The van der Waals surface area contributed by atoms with Crippen LogP contribution in [0.5, 0.6) is 0 Å². The van der Waals surface area contributed by atoms with Gasteiger partial charge >= 0.3 is 5.97 Å². The third-order valence-corrected chi connectivity index (χ3v) is 5.41. The molecule has 2 N–H and O–H groups in total. The van der Waals surface area contributed by atoms with E-state index in [4.69, 9.17) is 17.0 Å². The molecular weight excluding hydrogens is 344 g/mol. The Morgan fingerprint density at radius 2 is 2.21 bits per heavy atom. The van der Waals surface area contributed by atoms with E-state index in [2.05, 4.69) is 15.7 Å². The van der Waals surface area contributed by atoms with E-state index in [0.717, 1.165) is 42.8 Å². The molecule has 3 rings (SSSR count). The van der Waals surface area contributed by atoms with Gasteiger partial charge in [-0.05, 0) is 50.4 Å². The largest absolute Gasteiger partial charge is 0.465 e. The van der Waals surface area contributed by atoms with Crippen molar-refractivity contribution >= 4 is 45.5 Å². The van der Waals surface area contributed by atoms with Gasteiger partial charge in [-0.25, -0.2) is 4.79 Å². The summed E-state index contributed by atoms with van der Waals surface area (Å²) in [5, 5.41) is 11.7. The highest BCUT2D eigenvalue weighted by molar-refractivity contribution is 7.80. The van der Waals surface area contributed by atoms with E-state index in [9.17, 15) is 4.79 Å². The average molecular weight is 364 g/mol. The highest BCUT2D eigenvalue weighted by Crippen LogP contribution is 2.38. The van der Waals surface area contributed by atoms with Crippen molar-refractivity contribution in [2.75, 3.05) is 17.7 Å². The second-order valence-electron chi connectivity index (χ2n) is 5.54. The number of rotatable bonds is 4. The summed E-state index contributed by atoms with van der Waals surface area (Å²) >= 11 is 6.96. The Morgan fingerprint density at radius 3 is 2.92 bits per heavy atom. The molecule has 6 nitrogen and oxygen atoms in total. The fourth-order valence-electron chi connectivity index (χ4n) is 2.83. The number of fused-ring (bicyclic) bond motifs is 1. The number of thiocarbonyl (C=S) groups is 1. The molecule has 0 fully saturated rings. The lowest BCUT2D eigenvalue weighted by molar-refractivity contribution is 0.0601. The van der Waals surface area contributed by atoms with Crippen LogP contribution in [0.1, 0.15) is 40.6 Å². The SMILES string of the molecule is CCn1ccc(NC(=S)Nc2sc3c(c2C(=O)OC)CCCC3)n1. The van der Waals surface area contributed by atoms with Crippen LogP contribution in [0.15, 0.2) is 12.3 Å². The first-order valence-electron chi connectivity index (χ1n) is 7.96. The molecule has 1 aliphatic carbocycles. The van der Waals surface area contributed by atoms with Crippen LogP contribution >= 0.6 is 23.6 Å². The van der Waals surface area contributed by atoms with Crippen LogP contribution in [0.4, 0.5) is 10.8 Å². The number of nitrogens with one attached hydrogen (secondary N) is 2. The van der Waals surface area contributed by atoms with Crippen molar-refractivity contribution in [2.45, 2.75) is 39.2 Å². The third kappa shape index (κ3) is 3.44. The first-order valence-corrected chi connectivity index (χ1v) is 9.19. The zero-order valence-corrected chi connectivity index (χ0v) is 15.4. The fourth-order valence-corrected chi connectivity index (χ4v) is 4.38. The van der Waals surface area contributed by atoms with Gasteiger partial charge in [0.1, 0.15) is 5.00 Å². The lowest BCUT2D eigenvalue weighted by Gasteiger charge is -2.12. The normalized spacial score (nSPS) is 13.2. The van der Waals surface area contributed by atoms with Gasteiger partial charge in [0.15, 0.2) is 10.9 Å². The van der Waals surface area contributed by atoms with Crippen molar-refractivity contribution in [1.29, 1.82) is 0 Å². The van der Waals surface area contributed by atoms with Gasteiger partial charge in [0.05, 0.1) is 12.7 Å². The Morgan fingerprint density at radius 1 is 1.42 bits per heavy atom. The Hall–Kier alpha value is -1.93. The molecule has 0 atom stereocenters. The summed E-state index contributed by atoms with van der Waals surface area (Å²) in [4.78, 5) is 13.5. The van der Waals surface area contributed by atoms with Crippen LogP contribution in [0, 0.1) is 0 Å². The summed E-state index contributed by atoms with van der Waals surface area (Å²) in [6.07, 6.45) is 6.07. The van der Waals surface area contributed by atoms with E-state index in [1.807, 2.05) is 23.9 Å². The zero-order chi connectivity index (χ0) is 17.1. The van der Waals surface area contributed by atoms with Crippen molar-refractivity contribution in [1.82, 2.24) is 9.78 Å². The number of hydrogen-bond acceptors (Lipinski definition) is 5. The highest BCUT2D eigenvalue weighted by Gasteiger charge is 2.26. The molecular formula is C16H20N4O2S2. The van der Waals surface area contributed by atoms with Gasteiger partial charge in [0, 0.05) is 23.7 Å². The summed E-state index contributed by atoms with van der Waals surface area (Å²) < 4.78 is 6.78. The topological polar surface area (TPSA) is 68.2 Å². The monoisotopic (exact) mass is 364 g/mol. The molecule has 0 aromatic carbocycles. The molecule has 2 heterocycles. The maximum Gasteiger partial charge on any atom is 0.341 e. The molecule has 0 spiro atoms. The van der Waals surface area contributed by atoms with Crippen LogP contribution in [0.2, 0.25) is 0 Å². The van der Waals surface area contributed by atoms with Crippen LogP contribution < -0.4 is 10.6 Å². The molecule has 0 aliphatic heterocycles. The highest BCUT2D eigenvalue weighted by atomic mass is 32.1. The Kier molecular flexibility index (Phi) is 5.15. The van der Waals surface area contributed by atoms with Gasteiger partial charge in [0.2, 0.25) is 0 Å². The first kappa shape index (κ1) is 16.9. The van der Waals surface area contributed by atoms with Gasteiger partial charge in [0.25, 0.3) is 0 Å². The second kappa shape index (κ2) is 7.31. The standard InChI is InChI=1S/C16H20N4O2S2/c1-3-20-9-8-12(19-20)17-16(23)18-14-13(15(21)22-2)10-6-4-5-7-11(10)24-14/h8-9H,3-7H2,1-2H3,(H2,17,18,19,23). The molecule has 0 saturated heterocycles. The zero-order valence-electron chi connectivity index (χ0n) is 13.7. The maximum atomic E-state index is 12.2. The number of nitrogens with zero attached hydrogens (tertiary/aromatic N) is 2. The number of aromatic nitrogens is 2. The summed E-state index contributed by atoms with van der Waals surface area (Å²) in [6, 6.07) is 1.86. The van der Waals surface area contributed by atoms with Crippen molar-refractivity contribution in [3.05, 3.63) is 28.3 Å². The van der Waals surface area contributed by atoms with Crippen LogP contribution in [-0.2, 0) is 24.1 Å². The predicted molar refractivity (Wildman–Crippen MR) is 100 cm³/mol. The summed E-state index contributed by atoms with van der Waals surface area (Å²) in [5.41, 5.74) is 1.74. The molecule has 24 heavy (non-hydrogen) atoms. The van der Waals surface area contributed by atoms with E-state index < -0.39 is 0 Å².